The van der Waals surface area contributed by atoms with E-state index in [0.29, 0.717) is 5.78 Å². The molecule has 2 atom stereocenters. The number of hydrogen-bond acceptors (Lipinski definition) is 2. The van der Waals surface area contributed by atoms with Crippen LogP contribution in [-0.4, -0.2) is 18.9 Å². The van der Waals surface area contributed by atoms with Gasteiger partial charge in [0, 0.05) is 12.3 Å². The SMILES string of the molecule is CCCC(C)C(=O)CCC1CCNC1. The van der Waals surface area contributed by atoms with Crippen molar-refractivity contribution in [1.29, 1.82) is 0 Å². The summed E-state index contributed by atoms with van der Waals surface area (Å²) in [5, 5.41) is 3.34. The molecule has 1 aliphatic heterocycles. The van der Waals surface area contributed by atoms with E-state index >= 15 is 0 Å². The second-order valence-electron chi connectivity index (χ2n) is 4.55. The van der Waals surface area contributed by atoms with E-state index in [1.54, 1.807) is 0 Å². The summed E-state index contributed by atoms with van der Waals surface area (Å²) in [6.07, 6.45) is 5.34. The summed E-state index contributed by atoms with van der Waals surface area (Å²) in [6.45, 7) is 6.47. The molecular formula is C12H23NO. The van der Waals surface area contributed by atoms with Gasteiger partial charge in [-0.1, -0.05) is 20.3 Å². The van der Waals surface area contributed by atoms with Crippen LogP contribution in [0.1, 0.15) is 46.0 Å². The Balaban J connectivity index is 2.13. The second kappa shape index (κ2) is 6.18. The van der Waals surface area contributed by atoms with E-state index in [-0.39, 0.29) is 5.92 Å². The zero-order valence-corrected chi connectivity index (χ0v) is 9.51. The summed E-state index contributed by atoms with van der Waals surface area (Å²) < 4.78 is 0. The molecule has 2 unspecified atom stereocenters. The number of Topliss-reactive ketones (excluding diaryl/α,β-unsaturated/α-hetero) is 1. The molecule has 0 radical (unpaired) electrons. The van der Waals surface area contributed by atoms with Crippen molar-refractivity contribution >= 4 is 5.78 Å². The molecule has 1 N–H and O–H groups in total. The zero-order valence-electron chi connectivity index (χ0n) is 9.51. The average molecular weight is 197 g/mol. The lowest BCUT2D eigenvalue weighted by Crippen LogP contribution is -2.14. The highest BCUT2D eigenvalue weighted by Gasteiger charge is 2.17. The summed E-state index contributed by atoms with van der Waals surface area (Å²) in [5.41, 5.74) is 0. The molecule has 1 aliphatic rings. The Morgan fingerprint density at radius 3 is 2.93 bits per heavy atom. The van der Waals surface area contributed by atoms with Crippen molar-refractivity contribution in [2.45, 2.75) is 46.0 Å². The minimum absolute atomic E-state index is 0.286. The van der Waals surface area contributed by atoms with Crippen LogP contribution in [0.25, 0.3) is 0 Å². The average Bonchev–Trinajstić information content (AvgIpc) is 2.67. The Hall–Kier alpha value is -0.370. The van der Waals surface area contributed by atoms with Crippen LogP contribution in [0.5, 0.6) is 0 Å². The van der Waals surface area contributed by atoms with Gasteiger partial charge in [-0.3, -0.25) is 4.79 Å². The number of carbonyl (C=O) groups excluding carboxylic acids is 1. The third-order valence-corrected chi connectivity index (χ3v) is 3.23. The zero-order chi connectivity index (χ0) is 10.4. The van der Waals surface area contributed by atoms with Crippen LogP contribution in [0.3, 0.4) is 0 Å². The smallest absolute Gasteiger partial charge is 0.135 e. The van der Waals surface area contributed by atoms with Crippen LogP contribution in [0.2, 0.25) is 0 Å². The van der Waals surface area contributed by atoms with Crippen molar-refractivity contribution in [2.24, 2.45) is 11.8 Å². The van der Waals surface area contributed by atoms with E-state index in [1.807, 2.05) is 0 Å². The van der Waals surface area contributed by atoms with E-state index in [2.05, 4.69) is 19.2 Å². The molecule has 0 bridgehead atoms. The Bertz CT molecular complexity index is 173. The van der Waals surface area contributed by atoms with Crippen molar-refractivity contribution in [3.8, 4) is 0 Å². The van der Waals surface area contributed by atoms with Crippen LogP contribution in [0.15, 0.2) is 0 Å². The summed E-state index contributed by atoms with van der Waals surface area (Å²) >= 11 is 0. The number of carbonyl (C=O) groups is 1. The summed E-state index contributed by atoms with van der Waals surface area (Å²) in [4.78, 5) is 11.7. The highest BCUT2D eigenvalue weighted by Crippen LogP contribution is 2.17. The summed E-state index contributed by atoms with van der Waals surface area (Å²) in [5.74, 6) is 1.51. The molecule has 1 fully saturated rings. The van der Waals surface area contributed by atoms with Gasteiger partial charge in [-0.2, -0.15) is 0 Å². The number of hydrogen-bond donors (Lipinski definition) is 1. The maximum atomic E-state index is 11.7. The van der Waals surface area contributed by atoms with Crippen molar-refractivity contribution in [3.05, 3.63) is 0 Å². The van der Waals surface area contributed by atoms with Gasteiger partial charge < -0.3 is 5.32 Å². The first kappa shape index (κ1) is 11.7. The summed E-state index contributed by atoms with van der Waals surface area (Å²) in [6, 6.07) is 0. The van der Waals surface area contributed by atoms with Crippen LogP contribution in [0, 0.1) is 11.8 Å². The first-order chi connectivity index (χ1) is 6.74. The van der Waals surface area contributed by atoms with Gasteiger partial charge in [0.1, 0.15) is 5.78 Å². The Morgan fingerprint density at radius 2 is 2.36 bits per heavy atom. The van der Waals surface area contributed by atoms with Gasteiger partial charge in [0.15, 0.2) is 0 Å². The van der Waals surface area contributed by atoms with E-state index in [4.69, 9.17) is 0 Å². The molecule has 0 aromatic heterocycles. The fraction of sp³-hybridized carbons (Fsp3) is 0.917. The molecule has 1 heterocycles. The normalized spacial score (nSPS) is 23.7. The third-order valence-electron chi connectivity index (χ3n) is 3.23. The van der Waals surface area contributed by atoms with Crippen LogP contribution in [0.4, 0.5) is 0 Å². The highest BCUT2D eigenvalue weighted by molar-refractivity contribution is 5.80. The van der Waals surface area contributed by atoms with E-state index in [0.717, 1.165) is 44.7 Å². The standard InChI is InChI=1S/C12H23NO/c1-3-4-10(2)12(14)6-5-11-7-8-13-9-11/h10-11,13H,3-9H2,1-2H3. The first-order valence-corrected chi connectivity index (χ1v) is 5.97. The molecule has 2 heteroatoms. The van der Waals surface area contributed by atoms with E-state index < -0.39 is 0 Å². The molecule has 2 nitrogen and oxygen atoms in total. The van der Waals surface area contributed by atoms with Gasteiger partial charge in [-0.15, -0.1) is 0 Å². The molecule has 14 heavy (non-hydrogen) atoms. The quantitative estimate of drug-likeness (QED) is 0.708. The summed E-state index contributed by atoms with van der Waals surface area (Å²) in [7, 11) is 0. The maximum Gasteiger partial charge on any atom is 0.135 e. The number of ketones is 1. The predicted molar refractivity (Wildman–Crippen MR) is 59.3 cm³/mol. The molecular weight excluding hydrogens is 174 g/mol. The van der Waals surface area contributed by atoms with E-state index in [9.17, 15) is 4.79 Å². The van der Waals surface area contributed by atoms with Gasteiger partial charge in [-0.05, 0) is 38.3 Å². The largest absolute Gasteiger partial charge is 0.316 e. The van der Waals surface area contributed by atoms with Crippen LogP contribution < -0.4 is 5.32 Å². The van der Waals surface area contributed by atoms with Crippen LogP contribution >= 0.6 is 0 Å². The minimum atomic E-state index is 0.286. The van der Waals surface area contributed by atoms with Crippen LogP contribution in [-0.2, 0) is 4.79 Å². The molecule has 0 amide bonds. The topological polar surface area (TPSA) is 29.1 Å². The molecule has 0 aromatic carbocycles. The molecule has 0 aliphatic carbocycles. The van der Waals surface area contributed by atoms with Gasteiger partial charge in [0.25, 0.3) is 0 Å². The van der Waals surface area contributed by atoms with Crippen molar-refractivity contribution in [1.82, 2.24) is 5.32 Å². The van der Waals surface area contributed by atoms with Gasteiger partial charge in [0.2, 0.25) is 0 Å². The van der Waals surface area contributed by atoms with E-state index in [1.165, 1.54) is 6.42 Å². The molecule has 0 saturated carbocycles. The molecule has 0 spiro atoms. The molecule has 82 valence electrons. The first-order valence-electron chi connectivity index (χ1n) is 5.97. The number of rotatable bonds is 6. The van der Waals surface area contributed by atoms with Gasteiger partial charge in [0.05, 0.1) is 0 Å². The molecule has 0 aromatic rings. The monoisotopic (exact) mass is 197 g/mol. The Labute approximate surface area is 87.5 Å². The maximum absolute atomic E-state index is 11.7. The Kier molecular flexibility index (Phi) is 5.16. The fourth-order valence-electron chi connectivity index (χ4n) is 2.15. The van der Waals surface area contributed by atoms with Gasteiger partial charge >= 0.3 is 0 Å². The Morgan fingerprint density at radius 1 is 1.57 bits per heavy atom. The molecule has 1 saturated heterocycles. The highest BCUT2D eigenvalue weighted by atomic mass is 16.1. The van der Waals surface area contributed by atoms with Crippen molar-refractivity contribution < 1.29 is 4.79 Å². The van der Waals surface area contributed by atoms with Gasteiger partial charge in [-0.25, -0.2) is 0 Å². The third kappa shape index (κ3) is 3.79. The molecule has 1 rings (SSSR count). The fourth-order valence-corrected chi connectivity index (χ4v) is 2.15. The second-order valence-corrected chi connectivity index (χ2v) is 4.55. The minimum Gasteiger partial charge on any atom is -0.316 e. The number of nitrogens with one attached hydrogen (secondary N) is 1. The lowest BCUT2D eigenvalue weighted by molar-refractivity contribution is -0.122. The lowest BCUT2D eigenvalue weighted by Gasteiger charge is -2.11. The lowest BCUT2D eigenvalue weighted by atomic mass is 9.93. The van der Waals surface area contributed by atoms with Crippen molar-refractivity contribution in [3.63, 3.8) is 0 Å². The van der Waals surface area contributed by atoms with Crippen molar-refractivity contribution in [2.75, 3.05) is 13.1 Å². The predicted octanol–water partition coefficient (Wildman–Crippen LogP) is 2.38.